The fourth-order valence-corrected chi connectivity index (χ4v) is 2.00. The summed E-state index contributed by atoms with van der Waals surface area (Å²) in [5.74, 6) is 1.09. The summed E-state index contributed by atoms with van der Waals surface area (Å²) >= 11 is 0. The van der Waals surface area contributed by atoms with Crippen LogP contribution < -0.4 is 5.32 Å². The van der Waals surface area contributed by atoms with Crippen molar-refractivity contribution >= 4 is 0 Å². The summed E-state index contributed by atoms with van der Waals surface area (Å²) in [5.41, 5.74) is 1.21. The van der Waals surface area contributed by atoms with Crippen molar-refractivity contribution in [3.8, 4) is 5.75 Å². The Morgan fingerprint density at radius 2 is 2.06 bits per heavy atom. The molecule has 90 valence electrons. The highest BCUT2D eigenvalue weighted by molar-refractivity contribution is 5.27. The summed E-state index contributed by atoms with van der Waals surface area (Å²) in [7, 11) is 2.02. The Bertz CT molecular complexity index is 309. The van der Waals surface area contributed by atoms with Crippen molar-refractivity contribution in [3.63, 3.8) is 0 Å². The molecular weight excluding hydrogens is 198 g/mol. The summed E-state index contributed by atoms with van der Waals surface area (Å²) in [6.07, 6.45) is 3.35. The van der Waals surface area contributed by atoms with Crippen LogP contribution in [0.5, 0.6) is 5.75 Å². The fourth-order valence-electron chi connectivity index (χ4n) is 2.00. The molecule has 1 aromatic rings. The molecule has 1 aromatic carbocycles. The Labute approximate surface area is 98.7 Å². The van der Waals surface area contributed by atoms with E-state index in [0.717, 1.165) is 18.8 Å². The number of rotatable bonds is 6. The van der Waals surface area contributed by atoms with Gasteiger partial charge in [-0.15, -0.1) is 0 Å². The van der Waals surface area contributed by atoms with E-state index in [-0.39, 0.29) is 0 Å². The molecule has 0 aliphatic rings. The van der Waals surface area contributed by atoms with Crippen molar-refractivity contribution in [1.82, 2.24) is 5.32 Å². The van der Waals surface area contributed by atoms with Gasteiger partial charge in [0.1, 0.15) is 5.75 Å². The molecule has 0 saturated carbocycles. The zero-order chi connectivity index (χ0) is 12.0. The number of phenols is 1. The first-order valence-electron chi connectivity index (χ1n) is 6.07. The first kappa shape index (κ1) is 13.0. The number of hydrogen-bond acceptors (Lipinski definition) is 2. The number of benzene rings is 1. The lowest BCUT2D eigenvalue weighted by atomic mass is 9.97. The highest BCUT2D eigenvalue weighted by Crippen LogP contribution is 2.15. The largest absolute Gasteiger partial charge is 0.508 e. The summed E-state index contributed by atoms with van der Waals surface area (Å²) in [4.78, 5) is 0. The van der Waals surface area contributed by atoms with Crippen LogP contribution in [0.1, 0.15) is 32.3 Å². The predicted molar refractivity (Wildman–Crippen MR) is 68.7 cm³/mol. The van der Waals surface area contributed by atoms with Crippen LogP contribution in [-0.4, -0.2) is 18.2 Å². The van der Waals surface area contributed by atoms with E-state index in [1.165, 1.54) is 12.0 Å². The van der Waals surface area contributed by atoms with Gasteiger partial charge in [-0.05, 0) is 49.9 Å². The van der Waals surface area contributed by atoms with Gasteiger partial charge in [-0.1, -0.05) is 26.0 Å². The van der Waals surface area contributed by atoms with E-state index in [2.05, 4.69) is 25.2 Å². The minimum Gasteiger partial charge on any atom is -0.508 e. The van der Waals surface area contributed by atoms with E-state index in [9.17, 15) is 5.11 Å². The van der Waals surface area contributed by atoms with E-state index in [1.54, 1.807) is 6.07 Å². The SMILES string of the molecule is CNC(CCc1cccc(O)c1)CC(C)C. The Hall–Kier alpha value is -1.02. The Kier molecular flexibility index (Phi) is 5.33. The smallest absolute Gasteiger partial charge is 0.115 e. The molecule has 1 rings (SSSR count). The second-order valence-corrected chi connectivity index (χ2v) is 4.82. The fraction of sp³-hybridized carbons (Fsp3) is 0.571. The Morgan fingerprint density at radius 1 is 1.31 bits per heavy atom. The molecule has 1 atom stereocenters. The van der Waals surface area contributed by atoms with E-state index >= 15 is 0 Å². The maximum atomic E-state index is 9.37. The van der Waals surface area contributed by atoms with Crippen LogP contribution in [-0.2, 0) is 6.42 Å². The van der Waals surface area contributed by atoms with Gasteiger partial charge in [0, 0.05) is 6.04 Å². The van der Waals surface area contributed by atoms with Crippen molar-refractivity contribution in [2.45, 2.75) is 39.2 Å². The zero-order valence-electron chi connectivity index (χ0n) is 10.5. The van der Waals surface area contributed by atoms with Crippen LogP contribution in [0.15, 0.2) is 24.3 Å². The molecule has 0 amide bonds. The van der Waals surface area contributed by atoms with Crippen molar-refractivity contribution in [2.24, 2.45) is 5.92 Å². The molecule has 0 aromatic heterocycles. The molecular formula is C14H23NO. The number of nitrogens with one attached hydrogen (secondary N) is 1. The quantitative estimate of drug-likeness (QED) is 0.774. The lowest BCUT2D eigenvalue weighted by Crippen LogP contribution is -2.27. The van der Waals surface area contributed by atoms with E-state index in [4.69, 9.17) is 0 Å². The first-order chi connectivity index (χ1) is 7.61. The van der Waals surface area contributed by atoms with Gasteiger partial charge in [-0.25, -0.2) is 0 Å². The molecule has 0 aliphatic carbocycles. The molecule has 0 saturated heterocycles. The molecule has 1 unspecified atom stereocenters. The number of hydrogen-bond donors (Lipinski definition) is 2. The summed E-state index contributed by atoms with van der Waals surface area (Å²) < 4.78 is 0. The van der Waals surface area contributed by atoms with Gasteiger partial charge in [-0.2, -0.15) is 0 Å². The average molecular weight is 221 g/mol. The second kappa shape index (κ2) is 6.54. The molecule has 0 bridgehead atoms. The predicted octanol–water partition coefficient (Wildman–Crippen LogP) is 2.96. The van der Waals surface area contributed by atoms with Gasteiger partial charge in [-0.3, -0.25) is 0 Å². The second-order valence-electron chi connectivity index (χ2n) is 4.82. The molecule has 2 nitrogen and oxygen atoms in total. The summed E-state index contributed by atoms with van der Waals surface area (Å²) in [6, 6.07) is 8.11. The molecule has 0 spiro atoms. The molecule has 0 aliphatic heterocycles. The molecule has 2 heteroatoms. The number of phenolic OH excluding ortho intramolecular Hbond substituents is 1. The van der Waals surface area contributed by atoms with E-state index in [1.807, 2.05) is 19.2 Å². The third-order valence-electron chi connectivity index (χ3n) is 2.86. The third-order valence-corrected chi connectivity index (χ3v) is 2.86. The molecule has 0 fully saturated rings. The maximum Gasteiger partial charge on any atom is 0.115 e. The third kappa shape index (κ3) is 4.67. The monoisotopic (exact) mass is 221 g/mol. The van der Waals surface area contributed by atoms with Crippen molar-refractivity contribution in [3.05, 3.63) is 29.8 Å². The van der Waals surface area contributed by atoms with Gasteiger partial charge in [0.2, 0.25) is 0 Å². The van der Waals surface area contributed by atoms with Gasteiger partial charge in [0.05, 0.1) is 0 Å². The van der Waals surface area contributed by atoms with Crippen LogP contribution in [0, 0.1) is 5.92 Å². The van der Waals surface area contributed by atoms with Crippen LogP contribution in [0.2, 0.25) is 0 Å². The molecule has 0 radical (unpaired) electrons. The summed E-state index contributed by atoms with van der Waals surface area (Å²) in [5, 5.41) is 12.7. The van der Waals surface area contributed by atoms with Crippen molar-refractivity contribution < 1.29 is 5.11 Å². The molecule has 16 heavy (non-hydrogen) atoms. The maximum absolute atomic E-state index is 9.37. The zero-order valence-corrected chi connectivity index (χ0v) is 10.5. The number of aromatic hydroxyl groups is 1. The minimum atomic E-state index is 0.363. The minimum absolute atomic E-state index is 0.363. The lowest BCUT2D eigenvalue weighted by molar-refractivity contribution is 0.421. The number of aryl methyl sites for hydroxylation is 1. The van der Waals surface area contributed by atoms with Crippen molar-refractivity contribution in [2.75, 3.05) is 7.05 Å². The van der Waals surface area contributed by atoms with Crippen LogP contribution in [0.3, 0.4) is 0 Å². The summed E-state index contributed by atoms with van der Waals surface area (Å²) in [6.45, 7) is 4.50. The first-order valence-corrected chi connectivity index (χ1v) is 6.07. The highest BCUT2D eigenvalue weighted by atomic mass is 16.3. The molecule has 0 heterocycles. The average Bonchev–Trinajstić information content (AvgIpc) is 2.24. The van der Waals surface area contributed by atoms with Gasteiger partial charge in [0.25, 0.3) is 0 Å². The Balaban J connectivity index is 2.43. The highest BCUT2D eigenvalue weighted by Gasteiger charge is 2.08. The van der Waals surface area contributed by atoms with Crippen LogP contribution >= 0.6 is 0 Å². The van der Waals surface area contributed by atoms with E-state index in [0.29, 0.717) is 11.8 Å². The van der Waals surface area contributed by atoms with Gasteiger partial charge < -0.3 is 10.4 Å². The van der Waals surface area contributed by atoms with Gasteiger partial charge >= 0.3 is 0 Å². The molecule has 2 N–H and O–H groups in total. The lowest BCUT2D eigenvalue weighted by Gasteiger charge is -2.18. The van der Waals surface area contributed by atoms with Crippen LogP contribution in [0.4, 0.5) is 0 Å². The van der Waals surface area contributed by atoms with Crippen LogP contribution in [0.25, 0.3) is 0 Å². The Morgan fingerprint density at radius 3 is 2.62 bits per heavy atom. The van der Waals surface area contributed by atoms with Crippen molar-refractivity contribution in [1.29, 1.82) is 0 Å². The van der Waals surface area contributed by atoms with Gasteiger partial charge in [0.15, 0.2) is 0 Å². The van der Waals surface area contributed by atoms with E-state index < -0.39 is 0 Å². The normalized spacial score (nSPS) is 13.0. The standard InChI is InChI=1S/C14H23NO/c1-11(2)9-13(15-3)8-7-12-5-4-6-14(16)10-12/h4-6,10-11,13,15-16H,7-9H2,1-3H3. The topological polar surface area (TPSA) is 32.3 Å².